The van der Waals surface area contributed by atoms with Crippen LogP contribution in [0.1, 0.15) is 55.7 Å². The summed E-state index contributed by atoms with van der Waals surface area (Å²) < 4.78 is 0. The molecule has 94 valence electrons. The first kappa shape index (κ1) is 12.5. The first-order chi connectivity index (χ1) is 8.28. The summed E-state index contributed by atoms with van der Waals surface area (Å²) in [5.74, 6) is 1.77. The summed E-state index contributed by atoms with van der Waals surface area (Å²) in [6, 6.07) is 2.07. The summed E-state index contributed by atoms with van der Waals surface area (Å²) >= 11 is 0. The van der Waals surface area contributed by atoms with E-state index in [1.165, 1.54) is 44.2 Å². The van der Waals surface area contributed by atoms with Crippen LogP contribution in [0.25, 0.3) is 0 Å². The van der Waals surface area contributed by atoms with Crippen molar-refractivity contribution < 1.29 is 0 Å². The fourth-order valence-corrected chi connectivity index (χ4v) is 2.76. The maximum absolute atomic E-state index is 5.64. The molecule has 1 saturated carbocycles. The molecule has 0 aliphatic heterocycles. The highest BCUT2D eigenvalue weighted by molar-refractivity contribution is 5.11. The van der Waals surface area contributed by atoms with Gasteiger partial charge in [0.25, 0.3) is 0 Å². The molecule has 0 spiro atoms. The Bertz CT molecular complexity index is 356. The summed E-state index contributed by atoms with van der Waals surface area (Å²) in [6.45, 7) is 2.46. The van der Waals surface area contributed by atoms with Gasteiger partial charge in [-0.2, -0.15) is 0 Å². The Morgan fingerprint density at radius 2 is 1.88 bits per heavy atom. The Morgan fingerprint density at radius 1 is 1.18 bits per heavy atom. The van der Waals surface area contributed by atoms with Crippen molar-refractivity contribution in [1.82, 2.24) is 9.97 Å². The number of aryl methyl sites for hydroxylation is 2. The van der Waals surface area contributed by atoms with Crippen molar-refractivity contribution in [1.29, 1.82) is 0 Å². The van der Waals surface area contributed by atoms with E-state index >= 15 is 0 Å². The normalized spacial score (nSPS) is 17.3. The fraction of sp³-hybridized carbons (Fsp3) is 0.714. The van der Waals surface area contributed by atoms with E-state index in [9.17, 15) is 0 Å². The topological polar surface area (TPSA) is 51.8 Å². The molecule has 0 amide bonds. The second kappa shape index (κ2) is 6.10. The molecular formula is C14H23N3. The molecular weight excluding hydrogens is 210 g/mol. The molecule has 1 heterocycles. The third-order valence-electron chi connectivity index (χ3n) is 3.69. The number of nitrogens with zero attached hydrogens (tertiary/aromatic N) is 2. The lowest BCUT2D eigenvalue weighted by atomic mass is 9.86. The average Bonchev–Trinajstić information content (AvgIpc) is 2.37. The molecule has 1 aromatic heterocycles. The summed E-state index contributed by atoms with van der Waals surface area (Å²) in [5.41, 5.74) is 7.77. The molecule has 1 aromatic rings. The van der Waals surface area contributed by atoms with Gasteiger partial charge in [0, 0.05) is 12.2 Å². The van der Waals surface area contributed by atoms with Gasteiger partial charge in [0.1, 0.15) is 5.82 Å². The van der Waals surface area contributed by atoms with Crippen LogP contribution in [0, 0.1) is 12.8 Å². The molecule has 3 heteroatoms. The quantitative estimate of drug-likeness (QED) is 0.870. The van der Waals surface area contributed by atoms with Crippen molar-refractivity contribution in [2.24, 2.45) is 11.7 Å². The number of rotatable bonds is 4. The zero-order chi connectivity index (χ0) is 12.1. The van der Waals surface area contributed by atoms with E-state index in [4.69, 9.17) is 5.73 Å². The molecule has 0 atom stereocenters. The minimum atomic E-state index is 0.514. The molecule has 2 N–H and O–H groups in total. The van der Waals surface area contributed by atoms with Gasteiger partial charge in [-0.15, -0.1) is 0 Å². The first-order valence-electron chi connectivity index (χ1n) is 6.81. The van der Waals surface area contributed by atoms with Gasteiger partial charge in [0.15, 0.2) is 0 Å². The molecule has 0 unspecified atom stereocenters. The standard InChI is InChI=1S/C14H23N3/c1-11-16-13(9-14(10-15)17-11)8-7-12-5-3-2-4-6-12/h9,12H,2-8,10,15H2,1H3. The minimum absolute atomic E-state index is 0.514. The zero-order valence-corrected chi connectivity index (χ0v) is 10.8. The molecule has 1 aliphatic rings. The van der Waals surface area contributed by atoms with E-state index < -0.39 is 0 Å². The van der Waals surface area contributed by atoms with E-state index in [0.717, 1.165) is 23.9 Å². The van der Waals surface area contributed by atoms with Crippen molar-refractivity contribution >= 4 is 0 Å². The molecule has 0 bridgehead atoms. The molecule has 0 aromatic carbocycles. The largest absolute Gasteiger partial charge is 0.325 e. The van der Waals surface area contributed by atoms with E-state index in [2.05, 4.69) is 16.0 Å². The molecule has 17 heavy (non-hydrogen) atoms. The molecule has 1 aliphatic carbocycles. The highest BCUT2D eigenvalue weighted by Crippen LogP contribution is 2.27. The van der Waals surface area contributed by atoms with Crippen molar-refractivity contribution in [3.63, 3.8) is 0 Å². The third-order valence-corrected chi connectivity index (χ3v) is 3.69. The van der Waals surface area contributed by atoms with Gasteiger partial charge in [-0.05, 0) is 31.7 Å². The zero-order valence-electron chi connectivity index (χ0n) is 10.8. The minimum Gasteiger partial charge on any atom is -0.325 e. The van der Waals surface area contributed by atoms with Gasteiger partial charge in [-0.3, -0.25) is 0 Å². The van der Waals surface area contributed by atoms with Crippen LogP contribution < -0.4 is 5.73 Å². The van der Waals surface area contributed by atoms with Crippen LogP contribution in [-0.4, -0.2) is 9.97 Å². The third kappa shape index (κ3) is 3.77. The maximum atomic E-state index is 5.64. The lowest BCUT2D eigenvalue weighted by molar-refractivity contribution is 0.338. The van der Waals surface area contributed by atoms with Crippen LogP contribution in [0.2, 0.25) is 0 Å². The van der Waals surface area contributed by atoms with Gasteiger partial charge in [0.05, 0.1) is 5.69 Å². The number of hydrogen-bond acceptors (Lipinski definition) is 3. The van der Waals surface area contributed by atoms with Crippen LogP contribution in [0.5, 0.6) is 0 Å². The van der Waals surface area contributed by atoms with Crippen LogP contribution in [0.3, 0.4) is 0 Å². The van der Waals surface area contributed by atoms with Crippen LogP contribution in [0.15, 0.2) is 6.07 Å². The second-order valence-electron chi connectivity index (χ2n) is 5.14. The SMILES string of the molecule is Cc1nc(CN)cc(CCC2CCCCC2)n1. The highest BCUT2D eigenvalue weighted by Gasteiger charge is 2.13. The second-order valence-corrected chi connectivity index (χ2v) is 5.14. The van der Waals surface area contributed by atoms with Gasteiger partial charge < -0.3 is 5.73 Å². The van der Waals surface area contributed by atoms with E-state index in [1.807, 2.05) is 6.92 Å². The Balaban J connectivity index is 1.91. The average molecular weight is 233 g/mol. The lowest BCUT2D eigenvalue weighted by Crippen LogP contribution is -2.09. The fourth-order valence-electron chi connectivity index (χ4n) is 2.76. The van der Waals surface area contributed by atoms with Crippen molar-refractivity contribution in [3.8, 4) is 0 Å². The predicted molar refractivity (Wildman–Crippen MR) is 69.6 cm³/mol. The van der Waals surface area contributed by atoms with Gasteiger partial charge in [0.2, 0.25) is 0 Å². The number of nitrogens with two attached hydrogens (primary N) is 1. The van der Waals surface area contributed by atoms with Crippen LogP contribution in [-0.2, 0) is 13.0 Å². The molecule has 3 nitrogen and oxygen atoms in total. The Hall–Kier alpha value is -0.960. The maximum Gasteiger partial charge on any atom is 0.125 e. The molecule has 1 fully saturated rings. The Kier molecular flexibility index (Phi) is 4.49. The number of hydrogen-bond donors (Lipinski definition) is 1. The first-order valence-corrected chi connectivity index (χ1v) is 6.81. The molecule has 2 rings (SSSR count). The van der Waals surface area contributed by atoms with Crippen molar-refractivity contribution in [2.45, 2.75) is 58.4 Å². The monoisotopic (exact) mass is 233 g/mol. The summed E-state index contributed by atoms with van der Waals surface area (Å²) in [7, 11) is 0. The summed E-state index contributed by atoms with van der Waals surface area (Å²) in [5, 5.41) is 0. The van der Waals surface area contributed by atoms with Gasteiger partial charge >= 0.3 is 0 Å². The summed E-state index contributed by atoms with van der Waals surface area (Å²) in [6.07, 6.45) is 9.45. The van der Waals surface area contributed by atoms with Crippen LogP contribution >= 0.6 is 0 Å². The Morgan fingerprint density at radius 3 is 2.59 bits per heavy atom. The van der Waals surface area contributed by atoms with E-state index in [0.29, 0.717) is 6.54 Å². The van der Waals surface area contributed by atoms with Gasteiger partial charge in [-0.1, -0.05) is 32.1 Å². The van der Waals surface area contributed by atoms with Crippen molar-refractivity contribution in [3.05, 3.63) is 23.3 Å². The lowest BCUT2D eigenvalue weighted by Gasteiger charge is -2.21. The number of aromatic nitrogens is 2. The molecule has 0 saturated heterocycles. The smallest absolute Gasteiger partial charge is 0.125 e. The predicted octanol–water partition coefficient (Wildman–Crippen LogP) is 2.76. The molecule has 0 radical (unpaired) electrons. The highest BCUT2D eigenvalue weighted by atomic mass is 14.9. The van der Waals surface area contributed by atoms with E-state index in [-0.39, 0.29) is 0 Å². The van der Waals surface area contributed by atoms with Crippen LogP contribution in [0.4, 0.5) is 0 Å². The van der Waals surface area contributed by atoms with Gasteiger partial charge in [-0.25, -0.2) is 9.97 Å². The van der Waals surface area contributed by atoms with E-state index in [1.54, 1.807) is 0 Å². The summed E-state index contributed by atoms with van der Waals surface area (Å²) in [4.78, 5) is 8.81. The van der Waals surface area contributed by atoms with Crippen molar-refractivity contribution in [2.75, 3.05) is 0 Å². The Labute approximate surface area is 104 Å².